The van der Waals surface area contributed by atoms with Gasteiger partial charge in [-0.15, -0.1) is 0 Å². The molecule has 5 nitrogen and oxygen atoms in total. The minimum atomic E-state index is 0.0301. The molecule has 0 radical (unpaired) electrons. The highest BCUT2D eigenvalue weighted by Crippen LogP contribution is 2.44. The van der Waals surface area contributed by atoms with Crippen molar-refractivity contribution in [3.63, 3.8) is 0 Å². The van der Waals surface area contributed by atoms with E-state index in [-0.39, 0.29) is 5.91 Å². The van der Waals surface area contributed by atoms with Gasteiger partial charge in [0.1, 0.15) is 0 Å². The Kier molecular flexibility index (Phi) is 6.75. The molecule has 2 fully saturated rings. The van der Waals surface area contributed by atoms with Crippen LogP contribution in [0.5, 0.6) is 0 Å². The van der Waals surface area contributed by atoms with Gasteiger partial charge in [0.05, 0.1) is 6.54 Å². The lowest BCUT2D eigenvalue weighted by atomic mass is 9.85. The number of rotatable bonds is 6. The van der Waals surface area contributed by atoms with Crippen LogP contribution in [0.25, 0.3) is 0 Å². The SMILES string of the molecule is CCNC(=NCc1ccc(C(=O)N(C)C)cc1)NC1CC1C1CCCCC1. The fourth-order valence-corrected chi connectivity index (χ4v) is 4.14. The van der Waals surface area contributed by atoms with Crippen molar-refractivity contribution in [2.24, 2.45) is 16.8 Å². The average Bonchev–Trinajstić information content (AvgIpc) is 3.46. The van der Waals surface area contributed by atoms with Crippen LogP contribution in [-0.2, 0) is 6.54 Å². The van der Waals surface area contributed by atoms with E-state index in [1.807, 2.05) is 24.3 Å². The number of nitrogens with one attached hydrogen (secondary N) is 2. The molecule has 1 aromatic carbocycles. The summed E-state index contributed by atoms with van der Waals surface area (Å²) in [4.78, 5) is 18.3. The van der Waals surface area contributed by atoms with Crippen molar-refractivity contribution < 1.29 is 4.79 Å². The third kappa shape index (κ3) is 5.47. The van der Waals surface area contributed by atoms with Gasteiger partial charge in [0.2, 0.25) is 0 Å². The number of nitrogens with zero attached hydrogens (tertiary/aromatic N) is 2. The van der Waals surface area contributed by atoms with Gasteiger partial charge in [0, 0.05) is 32.2 Å². The second-order valence-corrected chi connectivity index (χ2v) is 8.14. The number of hydrogen-bond donors (Lipinski definition) is 2. The predicted molar refractivity (Wildman–Crippen MR) is 111 cm³/mol. The smallest absolute Gasteiger partial charge is 0.253 e. The van der Waals surface area contributed by atoms with E-state index in [1.165, 1.54) is 38.5 Å². The summed E-state index contributed by atoms with van der Waals surface area (Å²) in [5, 5.41) is 7.00. The standard InChI is InChI=1S/C22H34N4O/c1-4-23-22(25-20-14-19(20)17-8-6-5-7-9-17)24-15-16-10-12-18(13-11-16)21(27)26(2)3/h10-13,17,19-20H,4-9,14-15H2,1-3H3,(H2,23,24,25). The quantitative estimate of drug-likeness (QED) is 0.596. The van der Waals surface area contributed by atoms with Gasteiger partial charge in [-0.25, -0.2) is 4.99 Å². The molecule has 0 saturated heterocycles. The van der Waals surface area contributed by atoms with Crippen molar-refractivity contribution >= 4 is 11.9 Å². The van der Waals surface area contributed by atoms with Crippen molar-refractivity contribution in [2.75, 3.05) is 20.6 Å². The first-order valence-electron chi connectivity index (χ1n) is 10.4. The molecular weight excluding hydrogens is 336 g/mol. The minimum absolute atomic E-state index is 0.0301. The van der Waals surface area contributed by atoms with Crippen molar-refractivity contribution in [2.45, 2.75) is 58.0 Å². The summed E-state index contributed by atoms with van der Waals surface area (Å²) in [5.74, 6) is 2.70. The van der Waals surface area contributed by atoms with Crippen molar-refractivity contribution in [3.05, 3.63) is 35.4 Å². The predicted octanol–water partition coefficient (Wildman–Crippen LogP) is 3.41. The molecule has 2 aliphatic carbocycles. The molecule has 0 aliphatic heterocycles. The van der Waals surface area contributed by atoms with E-state index >= 15 is 0 Å². The van der Waals surface area contributed by atoms with E-state index in [2.05, 4.69) is 17.6 Å². The molecule has 1 amide bonds. The summed E-state index contributed by atoms with van der Waals surface area (Å²) < 4.78 is 0. The highest BCUT2D eigenvalue weighted by atomic mass is 16.2. The van der Waals surface area contributed by atoms with Gasteiger partial charge < -0.3 is 15.5 Å². The van der Waals surface area contributed by atoms with E-state index in [4.69, 9.17) is 4.99 Å². The van der Waals surface area contributed by atoms with Crippen LogP contribution in [0.1, 0.15) is 61.4 Å². The molecule has 0 heterocycles. The summed E-state index contributed by atoms with van der Waals surface area (Å²) in [6.07, 6.45) is 8.35. The molecule has 2 atom stereocenters. The third-order valence-corrected chi connectivity index (χ3v) is 5.79. The lowest BCUT2D eigenvalue weighted by Gasteiger charge is -2.22. The zero-order valence-electron chi connectivity index (χ0n) is 17.0. The Morgan fingerprint density at radius 2 is 1.85 bits per heavy atom. The fourth-order valence-electron chi connectivity index (χ4n) is 4.14. The summed E-state index contributed by atoms with van der Waals surface area (Å²) in [5.41, 5.74) is 1.83. The third-order valence-electron chi connectivity index (χ3n) is 5.79. The second-order valence-electron chi connectivity index (χ2n) is 8.14. The van der Waals surface area contributed by atoms with Gasteiger partial charge in [-0.2, -0.15) is 0 Å². The van der Waals surface area contributed by atoms with Crippen LogP contribution in [0.4, 0.5) is 0 Å². The molecule has 3 rings (SSSR count). The largest absolute Gasteiger partial charge is 0.357 e. The Morgan fingerprint density at radius 1 is 1.15 bits per heavy atom. The van der Waals surface area contributed by atoms with Gasteiger partial charge in [-0.05, 0) is 42.9 Å². The molecule has 2 saturated carbocycles. The maximum Gasteiger partial charge on any atom is 0.253 e. The maximum atomic E-state index is 12.0. The van der Waals surface area contributed by atoms with Crippen LogP contribution in [0.2, 0.25) is 0 Å². The summed E-state index contributed by atoms with van der Waals surface area (Å²) in [6, 6.07) is 8.34. The van der Waals surface area contributed by atoms with Gasteiger partial charge in [-0.3, -0.25) is 4.79 Å². The highest BCUT2D eigenvalue weighted by molar-refractivity contribution is 5.93. The molecule has 148 valence electrons. The maximum absolute atomic E-state index is 12.0. The molecule has 0 spiro atoms. The first-order chi connectivity index (χ1) is 13.1. The monoisotopic (exact) mass is 370 g/mol. The molecule has 2 unspecified atom stereocenters. The lowest BCUT2D eigenvalue weighted by molar-refractivity contribution is 0.0827. The van der Waals surface area contributed by atoms with E-state index in [0.29, 0.717) is 18.2 Å². The van der Waals surface area contributed by atoms with Crippen LogP contribution in [-0.4, -0.2) is 43.4 Å². The highest BCUT2D eigenvalue weighted by Gasteiger charge is 2.43. The van der Waals surface area contributed by atoms with Crippen molar-refractivity contribution in [3.8, 4) is 0 Å². The number of hydrogen-bond acceptors (Lipinski definition) is 2. The molecule has 0 aromatic heterocycles. The lowest BCUT2D eigenvalue weighted by Crippen LogP contribution is -2.39. The Labute approximate surface area is 163 Å². The van der Waals surface area contributed by atoms with Crippen LogP contribution in [0, 0.1) is 11.8 Å². The Morgan fingerprint density at radius 3 is 2.48 bits per heavy atom. The van der Waals surface area contributed by atoms with Crippen molar-refractivity contribution in [1.82, 2.24) is 15.5 Å². The molecule has 27 heavy (non-hydrogen) atoms. The van der Waals surface area contributed by atoms with Gasteiger partial charge >= 0.3 is 0 Å². The number of aliphatic imine (C=N–C) groups is 1. The summed E-state index contributed by atoms with van der Waals surface area (Å²) in [6.45, 7) is 3.58. The van der Waals surface area contributed by atoms with E-state index in [0.717, 1.165) is 29.9 Å². The second kappa shape index (κ2) is 9.25. The normalized spacial score (nSPS) is 23.0. The van der Waals surface area contributed by atoms with Crippen molar-refractivity contribution in [1.29, 1.82) is 0 Å². The van der Waals surface area contributed by atoms with E-state index < -0.39 is 0 Å². The molecular formula is C22H34N4O. The van der Waals surface area contributed by atoms with Gasteiger partial charge in [0.15, 0.2) is 5.96 Å². The van der Waals surface area contributed by atoms with Crippen LogP contribution < -0.4 is 10.6 Å². The molecule has 1 aromatic rings. The molecule has 2 aliphatic rings. The topological polar surface area (TPSA) is 56.7 Å². The summed E-state index contributed by atoms with van der Waals surface area (Å²) in [7, 11) is 3.54. The minimum Gasteiger partial charge on any atom is -0.357 e. The summed E-state index contributed by atoms with van der Waals surface area (Å²) >= 11 is 0. The molecule has 0 bridgehead atoms. The van der Waals surface area contributed by atoms with Gasteiger partial charge in [0.25, 0.3) is 5.91 Å². The van der Waals surface area contributed by atoms with Gasteiger partial charge in [-0.1, -0.05) is 44.2 Å². The number of guanidine groups is 1. The Bertz CT molecular complexity index is 647. The van der Waals surface area contributed by atoms with E-state index in [1.54, 1.807) is 19.0 Å². The zero-order chi connectivity index (χ0) is 19.2. The van der Waals surface area contributed by atoms with Crippen LogP contribution in [0.3, 0.4) is 0 Å². The fraction of sp³-hybridized carbons (Fsp3) is 0.636. The van der Waals surface area contributed by atoms with Crippen LogP contribution in [0.15, 0.2) is 29.3 Å². The average molecular weight is 371 g/mol. The molecule has 2 N–H and O–H groups in total. The Balaban J connectivity index is 1.54. The first-order valence-corrected chi connectivity index (χ1v) is 10.4. The number of carbonyl (C=O) groups is 1. The van der Waals surface area contributed by atoms with Crippen LogP contribution >= 0.6 is 0 Å². The zero-order valence-corrected chi connectivity index (χ0v) is 17.0. The van der Waals surface area contributed by atoms with E-state index in [9.17, 15) is 4.79 Å². The first kappa shape index (κ1) is 19.7. The number of amides is 1. The molecule has 5 heteroatoms. The number of benzene rings is 1. The Hall–Kier alpha value is -2.04. The number of carbonyl (C=O) groups excluding carboxylic acids is 1.